The molecule has 0 aromatic heterocycles. The van der Waals surface area contributed by atoms with Crippen LogP contribution < -0.4 is 94.0 Å². The molecule has 0 heterocycles. The molecule has 10 heteroatoms. The molecule has 0 aliphatic carbocycles. The van der Waals surface area contributed by atoms with Crippen LogP contribution in [-0.2, 0) is 0 Å². The average molecular weight is 536 g/mol. The Bertz CT molecular complexity index is 741. The number of rotatable bonds is 20. The van der Waals surface area contributed by atoms with Crippen LogP contribution in [0.2, 0.25) is 0 Å². The molecule has 7 nitrogen and oxygen atoms in total. The third-order valence-corrected chi connectivity index (χ3v) is 5.92. The Morgan fingerprint density at radius 3 is 1.25 bits per heavy atom. The molecule has 1 aromatic carbocycles. The van der Waals surface area contributed by atoms with Crippen molar-refractivity contribution in [1.82, 2.24) is 0 Å². The van der Waals surface area contributed by atoms with E-state index in [0.717, 1.165) is 19.3 Å². The number of carbonyl (C=O) groups is 3. The summed E-state index contributed by atoms with van der Waals surface area (Å²) >= 11 is 0. The maximum Gasteiger partial charge on any atom is 1.00 e. The predicted octanol–water partition coefficient (Wildman–Crippen LogP) is -1.59. The molecule has 4 N–H and O–H groups in total. The van der Waals surface area contributed by atoms with Gasteiger partial charge in [0.05, 0.1) is 16.7 Å². The molecular weight excluding hydrogens is 491 g/mol. The quantitative estimate of drug-likeness (QED) is 0.117. The number of unbranched alkanes of at least 4 members (excludes halogenated alkanes) is 14. The van der Waals surface area contributed by atoms with Gasteiger partial charge in [-0.3, -0.25) is 0 Å². The normalized spacial score (nSPS) is 9.92. The number of hydrogen-bond acceptors (Lipinski definition) is 4. The Morgan fingerprint density at radius 1 is 0.611 bits per heavy atom. The monoisotopic (exact) mass is 535 g/mol. The minimum atomic E-state index is -1.57. The van der Waals surface area contributed by atoms with Crippen molar-refractivity contribution in [3.63, 3.8) is 0 Å². The topological polar surface area (TPSA) is 124 Å². The summed E-state index contributed by atoms with van der Waals surface area (Å²) in [5.74, 6) is -4.50. The van der Waals surface area contributed by atoms with E-state index in [1.54, 1.807) is 0 Å². The molecule has 1 rings (SSSR count). The first kappa shape index (κ1) is 40.9. The van der Waals surface area contributed by atoms with E-state index >= 15 is 0 Å². The van der Waals surface area contributed by atoms with Crippen molar-refractivity contribution in [1.29, 1.82) is 0 Å². The van der Waals surface area contributed by atoms with E-state index in [0.29, 0.717) is 12.2 Å². The van der Waals surface area contributed by atoms with Crippen molar-refractivity contribution < 1.29 is 123 Å². The molecule has 0 aliphatic heterocycles. The van der Waals surface area contributed by atoms with Crippen LogP contribution in [0.5, 0.6) is 0 Å². The summed E-state index contributed by atoms with van der Waals surface area (Å²) in [6, 6.07) is 2.37. The van der Waals surface area contributed by atoms with Gasteiger partial charge < -0.3 is 24.9 Å². The first-order valence-electron chi connectivity index (χ1n) is 12.5. The number of aromatic carboxylic acids is 3. The zero-order chi connectivity index (χ0) is 24.5. The molecule has 0 aliphatic rings. The van der Waals surface area contributed by atoms with Gasteiger partial charge in [-0.1, -0.05) is 96.8 Å². The van der Waals surface area contributed by atoms with Crippen molar-refractivity contribution in [3.05, 3.63) is 28.8 Å². The molecule has 0 unspecified atom stereocenters. The maximum absolute atomic E-state index is 11.4. The van der Waals surface area contributed by atoms with Gasteiger partial charge in [0.15, 0.2) is 0 Å². The van der Waals surface area contributed by atoms with Gasteiger partial charge in [-0.2, -0.15) is 0 Å². The van der Waals surface area contributed by atoms with Crippen LogP contribution in [0.1, 0.15) is 139 Å². The van der Waals surface area contributed by atoms with Crippen molar-refractivity contribution in [3.8, 4) is 0 Å². The van der Waals surface area contributed by atoms with E-state index < -0.39 is 34.6 Å². The zero-order valence-electron chi connectivity index (χ0n) is 26.0. The van der Waals surface area contributed by atoms with E-state index in [1.165, 1.54) is 89.2 Å². The number of nitrogens with one attached hydrogen (secondary N) is 1. The summed E-state index contributed by atoms with van der Waals surface area (Å²) in [4.78, 5) is 34.1. The molecule has 0 saturated carbocycles. The van der Waals surface area contributed by atoms with Gasteiger partial charge in [0.25, 0.3) is 0 Å². The average Bonchev–Trinajstić information content (AvgIpc) is 2.77. The fourth-order valence-electron chi connectivity index (χ4n) is 4.04. The Hall–Kier alpha value is 0.430. The fraction of sp³-hybridized carbons (Fsp3) is 0.654. The van der Waals surface area contributed by atoms with Crippen LogP contribution in [0.15, 0.2) is 12.1 Å². The van der Waals surface area contributed by atoms with Crippen LogP contribution in [0.3, 0.4) is 0 Å². The van der Waals surface area contributed by atoms with Gasteiger partial charge in [0.2, 0.25) is 0 Å². The van der Waals surface area contributed by atoms with Gasteiger partial charge in [0.1, 0.15) is 0 Å². The Labute approximate surface area is 287 Å². The predicted molar refractivity (Wildman–Crippen MR) is 134 cm³/mol. The molecule has 1 aromatic rings. The van der Waals surface area contributed by atoms with E-state index in [-0.39, 0.29) is 93.0 Å². The number of benzene rings is 1. The molecule has 0 fully saturated rings. The molecule has 36 heavy (non-hydrogen) atoms. The molecule has 0 amide bonds. The summed E-state index contributed by atoms with van der Waals surface area (Å²) in [7, 11) is 0. The second-order valence-electron chi connectivity index (χ2n) is 8.74. The molecule has 0 saturated heterocycles. The van der Waals surface area contributed by atoms with Gasteiger partial charge in [-0.05, 0) is 18.6 Å². The standard InChI is InChI=1S/C26H41NO6.3Na.3H/c1-2-3-4-5-6-7-8-9-10-11-12-13-14-15-16-17-27-20-18-21(24(28)29)23(26(32)33)22(19-20)25(30)31;;;;;;/h18-19,27H,2-17H2,1H3,(H,28,29)(H,30,31)(H,32,33);;;;;;/q;3*+1;3*-1. The van der Waals surface area contributed by atoms with Gasteiger partial charge in [-0.15, -0.1) is 0 Å². The molecule has 0 spiro atoms. The smallest absolute Gasteiger partial charge is 1.00 e. The first-order valence-corrected chi connectivity index (χ1v) is 12.5. The first-order chi connectivity index (χ1) is 15.9. The van der Waals surface area contributed by atoms with E-state index in [2.05, 4.69) is 12.2 Å². The third kappa shape index (κ3) is 17.8. The minimum Gasteiger partial charge on any atom is -1.00 e. The summed E-state index contributed by atoms with van der Waals surface area (Å²) in [6.45, 7) is 2.82. The Morgan fingerprint density at radius 2 is 0.944 bits per heavy atom. The van der Waals surface area contributed by atoms with Crippen LogP contribution in [0, 0.1) is 0 Å². The molecule has 192 valence electrons. The maximum atomic E-state index is 11.4. The van der Waals surface area contributed by atoms with E-state index in [4.69, 9.17) is 0 Å². The largest absolute Gasteiger partial charge is 1.00 e. The van der Waals surface area contributed by atoms with Gasteiger partial charge in [-0.25, -0.2) is 14.4 Å². The summed E-state index contributed by atoms with van der Waals surface area (Å²) in [5, 5.41) is 30.8. The molecule has 0 atom stereocenters. The third-order valence-electron chi connectivity index (χ3n) is 5.92. The summed E-state index contributed by atoms with van der Waals surface area (Å²) < 4.78 is 0. The Balaban J connectivity index is -0.000000454. The fourth-order valence-corrected chi connectivity index (χ4v) is 4.04. The van der Waals surface area contributed by atoms with Crippen LogP contribution in [0.4, 0.5) is 5.69 Å². The second kappa shape index (κ2) is 25.7. The molecule has 0 bridgehead atoms. The number of anilines is 1. The van der Waals surface area contributed by atoms with Crippen LogP contribution >= 0.6 is 0 Å². The second-order valence-corrected chi connectivity index (χ2v) is 8.74. The number of carboxylic acid groups (broad SMARTS) is 3. The summed E-state index contributed by atoms with van der Waals surface area (Å²) in [5.41, 5.74) is -1.45. The molecule has 0 radical (unpaired) electrons. The molecular formula is C26H44NNa3O6. The van der Waals surface area contributed by atoms with Crippen molar-refractivity contribution in [2.24, 2.45) is 0 Å². The summed E-state index contributed by atoms with van der Waals surface area (Å²) in [6.07, 6.45) is 19.0. The van der Waals surface area contributed by atoms with Crippen LogP contribution in [-0.4, -0.2) is 39.8 Å². The van der Waals surface area contributed by atoms with Crippen molar-refractivity contribution in [2.45, 2.75) is 103 Å². The van der Waals surface area contributed by atoms with Gasteiger partial charge >= 0.3 is 107 Å². The minimum absolute atomic E-state index is 0. The van der Waals surface area contributed by atoms with Gasteiger partial charge in [0, 0.05) is 12.2 Å². The van der Waals surface area contributed by atoms with Crippen molar-refractivity contribution in [2.75, 3.05) is 11.9 Å². The van der Waals surface area contributed by atoms with Crippen molar-refractivity contribution >= 4 is 23.6 Å². The van der Waals surface area contributed by atoms with Crippen LogP contribution in [0.25, 0.3) is 0 Å². The van der Waals surface area contributed by atoms with E-state index in [9.17, 15) is 29.7 Å². The SMILES string of the molecule is CCCCCCCCCCCCCCCCCNc1cc(C(=O)O)c(C(=O)O)c(C(=O)O)c1.[H-].[H-].[H-].[Na+].[Na+].[Na+]. The Kier molecular flexibility index (Phi) is 29.2. The zero-order valence-corrected chi connectivity index (χ0v) is 29.0. The van der Waals surface area contributed by atoms with E-state index in [1.807, 2.05) is 0 Å². The number of carboxylic acids is 3. The number of hydrogen-bond donors (Lipinski definition) is 4.